The predicted octanol–water partition coefficient (Wildman–Crippen LogP) is 3.08. The van der Waals surface area contributed by atoms with Crippen molar-refractivity contribution in [2.24, 2.45) is 0 Å². The van der Waals surface area contributed by atoms with E-state index in [1.165, 1.54) is 5.56 Å². The Kier molecular flexibility index (Phi) is 3.27. The molecule has 2 rings (SSSR count). The van der Waals surface area contributed by atoms with Crippen molar-refractivity contribution in [3.8, 4) is 0 Å². The molecule has 0 saturated carbocycles. The molecule has 0 unspecified atom stereocenters. The molecule has 78 valence electrons. The minimum absolute atomic E-state index is 0.315. The maximum atomic E-state index is 11.6. The van der Waals surface area contributed by atoms with E-state index in [0.29, 0.717) is 12.2 Å². The van der Waals surface area contributed by atoms with Gasteiger partial charge in [-0.25, -0.2) is 0 Å². The molecule has 0 spiro atoms. The van der Waals surface area contributed by atoms with Gasteiger partial charge in [0.15, 0.2) is 5.78 Å². The van der Waals surface area contributed by atoms with Crippen LogP contribution in [0, 0.1) is 6.92 Å². The maximum Gasteiger partial charge on any atom is 0.160 e. The van der Waals surface area contributed by atoms with Gasteiger partial charge in [-0.05, 0) is 18.6 Å². The standard InChI is InChI=1S/C13H14OS/c1-10-3-2-4-11(7-10)8-12-9-15-6-5-13(12)14/h2-4,7-8H,5-6,9H2,1H3/b12-8+. The lowest BCUT2D eigenvalue weighted by molar-refractivity contribution is -0.115. The number of benzene rings is 1. The molecule has 0 N–H and O–H groups in total. The number of hydrogen-bond donors (Lipinski definition) is 0. The number of carbonyl (C=O) groups is 1. The van der Waals surface area contributed by atoms with Crippen molar-refractivity contribution in [2.75, 3.05) is 11.5 Å². The van der Waals surface area contributed by atoms with Crippen LogP contribution in [0.3, 0.4) is 0 Å². The highest BCUT2D eigenvalue weighted by Gasteiger charge is 2.14. The first-order valence-electron chi connectivity index (χ1n) is 5.14. The number of Topliss-reactive ketones (excluding diaryl/α,β-unsaturated/α-hetero) is 1. The minimum Gasteiger partial charge on any atom is -0.294 e. The molecule has 1 aromatic rings. The van der Waals surface area contributed by atoms with Gasteiger partial charge < -0.3 is 0 Å². The largest absolute Gasteiger partial charge is 0.294 e. The van der Waals surface area contributed by atoms with Gasteiger partial charge in [-0.15, -0.1) is 0 Å². The van der Waals surface area contributed by atoms with Crippen LogP contribution in [-0.4, -0.2) is 17.3 Å². The van der Waals surface area contributed by atoms with Gasteiger partial charge in [0, 0.05) is 23.5 Å². The van der Waals surface area contributed by atoms with E-state index >= 15 is 0 Å². The Morgan fingerprint density at radius 2 is 2.27 bits per heavy atom. The molecule has 1 aromatic carbocycles. The second-order valence-electron chi connectivity index (χ2n) is 3.81. The molecule has 1 heterocycles. The van der Waals surface area contributed by atoms with Crippen LogP contribution in [0.2, 0.25) is 0 Å². The van der Waals surface area contributed by atoms with Gasteiger partial charge in [0.05, 0.1) is 0 Å². The minimum atomic E-state index is 0.315. The van der Waals surface area contributed by atoms with Gasteiger partial charge in [0.1, 0.15) is 0 Å². The van der Waals surface area contributed by atoms with Gasteiger partial charge >= 0.3 is 0 Å². The fourth-order valence-electron chi connectivity index (χ4n) is 1.67. The highest BCUT2D eigenvalue weighted by atomic mass is 32.2. The maximum absolute atomic E-state index is 11.6. The first-order chi connectivity index (χ1) is 7.25. The third-order valence-corrected chi connectivity index (χ3v) is 3.48. The Balaban J connectivity index is 2.25. The van der Waals surface area contributed by atoms with E-state index in [2.05, 4.69) is 19.1 Å². The van der Waals surface area contributed by atoms with Crippen molar-refractivity contribution in [2.45, 2.75) is 13.3 Å². The van der Waals surface area contributed by atoms with Gasteiger partial charge in [-0.1, -0.05) is 29.8 Å². The summed E-state index contributed by atoms with van der Waals surface area (Å²) in [7, 11) is 0. The third kappa shape index (κ3) is 2.72. The zero-order valence-electron chi connectivity index (χ0n) is 8.82. The first-order valence-corrected chi connectivity index (χ1v) is 6.29. The van der Waals surface area contributed by atoms with Crippen molar-refractivity contribution >= 4 is 23.6 Å². The summed E-state index contributed by atoms with van der Waals surface area (Å²) in [6.45, 7) is 2.07. The molecule has 1 saturated heterocycles. The molecule has 0 amide bonds. The van der Waals surface area contributed by atoms with Crippen molar-refractivity contribution < 1.29 is 4.79 Å². The zero-order chi connectivity index (χ0) is 10.7. The van der Waals surface area contributed by atoms with Crippen LogP contribution in [0.25, 0.3) is 6.08 Å². The van der Waals surface area contributed by atoms with E-state index in [9.17, 15) is 4.79 Å². The Morgan fingerprint density at radius 3 is 3.00 bits per heavy atom. The van der Waals surface area contributed by atoms with E-state index in [1.807, 2.05) is 30.0 Å². The van der Waals surface area contributed by atoms with Crippen molar-refractivity contribution in [3.05, 3.63) is 41.0 Å². The van der Waals surface area contributed by atoms with Gasteiger partial charge in [0.2, 0.25) is 0 Å². The lowest BCUT2D eigenvalue weighted by Crippen LogP contribution is -2.11. The Labute approximate surface area is 94.6 Å². The number of carbonyl (C=O) groups excluding carboxylic acids is 1. The van der Waals surface area contributed by atoms with Crippen LogP contribution in [0.1, 0.15) is 17.5 Å². The van der Waals surface area contributed by atoms with Crippen LogP contribution >= 0.6 is 11.8 Å². The Hall–Kier alpha value is -1.02. The molecule has 0 atom stereocenters. The predicted molar refractivity (Wildman–Crippen MR) is 66.1 cm³/mol. The van der Waals surface area contributed by atoms with Crippen molar-refractivity contribution in [3.63, 3.8) is 0 Å². The van der Waals surface area contributed by atoms with E-state index in [1.54, 1.807) is 0 Å². The summed E-state index contributed by atoms with van der Waals surface area (Å²) < 4.78 is 0. The lowest BCUT2D eigenvalue weighted by Gasteiger charge is -2.12. The van der Waals surface area contributed by atoms with Crippen molar-refractivity contribution in [1.82, 2.24) is 0 Å². The number of hydrogen-bond acceptors (Lipinski definition) is 2. The van der Waals surface area contributed by atoms with Gasteiger partial charge in [-0.2, -0.15) is 11.8 Å². The van der Waals surface area contributed by atoms with Crippen LogP contribution in [-0.2, 0) is 4.79 Å². The fourth-order valence-corrected chi connectivity index (χ4v) is 2.61. The summed E-state index contributed by atoms with van der Waals surface area (Å²) in [5.74, 6) is 2.16. The number of rotatable bonds is 1. The molecular formula is C13H14OS. The topological polar surface area (TPSA) is 17.1 Å². The number of thioether (sulfide) groups is 1. The molecule has 1 aliphatic heterocycles. The van der Waals surface area contributed by atoms with E-state index in [0.717, 1.165) is 22.6 Å². The number of ketones is 1. The Morgan fingerprint density at radius 1 is 1.40 bits per heavy atom. The first kappa shape index (κ1) is 10.5. The summed E-state index contributed by atoms with van der Waals surface area (Å²) in [6.07, 6.45) is 2.73. The summed E-state index contributed by atoms with van der Waals surface area (Å²) >= 11 is 1.84. The molecule has 0 radical (unpaired) electrons. The monoisotopic (exact) mass is 218 g/mol. The quantitative estimate of drug-likeness (QED) is 0.674. The molecule has 0 aromatic heterocycles. The normalized spacial score (nSPS) is 19.5. The second kappa shape index (κ2) is 4.67. The van der Waals surface area contributed by atoms with Crippen LogP contribution in [0.5, 0.6) is 0 Å². The highest BCUT2D eigenvalue weighted by Crippen LogP contribution is 2.21. The average Bonchev–Trinajstić information content (AvgIpc) is 2.22. The van der Waals surface area contributed by atoms with Gasteiger partial charge in [-0.3, -0.25) is 4.79 Å². The summed E-state index contributed by atoms with van der Waals surface area (Å²) in [6, 6.07) is 8.26. The second-order valence-corrected chi connectivity index (χ2v) is 4.91. The van der Waals surface area contributed by atoms with Crippen LogP contribution in [0.15, 0.2) is 29.8 Å². The summed E-state index contributed by atoms with van der Waals surface area (Å²) in [5.41, 5.74) is 3.35. The molecule has 1 aliphatic rings. The zero-order valence-corrected chi connectivity index (χ0v) is 9.64. The SMILES string of the molecule is Cc1cccc(/C=C2\CSCCC2=O)c1. The average molecular weight is 218 g/mol. The summed E-state index contributed by atoms with van der Waals surface area (Å²) in [5, 5.41) is 0. The molecule has 0 bridgehead atoms. The molecule has 2 heteroatoms. The summed E-state index contributed by atoms with van der Waals surface area (Å²) in [4.78, 5) is 11.6. The molecule has 15 heavy (non-hydrogen) atoms. The van der Waals surface area contributed by atoms with E-state index in [4.69, 9.17) is 0 Å². The molecular weight excluding hydrogens is 204 g/mol. The van der Waals surface area contributed by atoms with E-state index < -0.39 is 0 Å². The van der Waals surface area contributed by atoms with Gasteiger partial charge in [0.25, 0.3) is 0 Å². The Bertz CT molecular complexity index is 407. The smallest absolute Gasteiger partial charge is 0.160 e. The molecule has 1 nitrogen and oxygen atoms in total. The van der Waals surface area contributed by atoms with Crippen LogP contribution in [0.4, 0.5) is 0 Å². The lowest BCUT2D eigenvalue weighted by atomic mass is 10.1. The van der Waals surface area contributed by atoms with E-state index in [-0.39, 0.29) is 0 Å². The fraction of sp³-hybridized carbons (Fsp3) is 0.308. The van der Waals surface area contributed by atoms with Crippen molar-refractivity contribution in [1.29, 1.82) is 0 Å². The third-order valence-electron chi connectivity index (χ3n) is 2.47. The highest BCUT2D eigenvalue weighted by molar-refractivity contribution is 7.99. The number of aryl methyl sites for hydroxylation is 1. The molecule has 1 fully saturated rings. The molecule has 0 aliphatic carbocycles. The van der Waals surface area contributed by atoms with Crippen LogP contribution < -0.4 is 0 Å².